The Labute approximate surface area is 162 Å². The van der Waals surface area contributed by atoms with E-state index in [9.17, 15) is 0 Å². The van der Waals surface area contributed by atoms with Crippen LogP contribution in [0.2, 0.25) is 14.3 Å². The quantitative estimate of drug-likeness (QED) is 0.561. The zero-order chi connectivity index (χ0) is 17.6. The van der Waals surface area contributed by atoms with Crippen LogP contribution in [0.5, 0.6) is 0 Å². The molecular weight excluding hydrogens is 407 g/mol. The zero-order valence-electron chi connectivity index (χ0n) is 14.6. The molecule has 2 aromatic carbocycles. The Hall–Kier alpha value is -1.37. The minimum atomic E-state index is -1.79. The molecule has 2 aromatic rings. The second-order valence-corrected chi connectivity index (χ2v) is 14.0. The molecule has 1 nitrogen and oxygen atoms in total. The molecule has 0 aliphatic heterocycles. The van der Waals surface area contributed by atoms with Crippen molar-refractivity contribution in [2.24, 2.45) is 0 Å². The van der Waals surface area contributed by atoms with Crippen LogP contribution in [0.1, 0.15) is 16.7 Å². The van der Waals surface area contributed by atoms with E-state index >= 15 is 0 Å². The molecule has 0 aromatic heterocycles. The Morgan fingerprint density at radius 3 is 2.48 bits per heavy atom. The van der Waals surface area contributed by atoms with Gasteiger partial charge in [0.1, 0.15) is 0 Å². The molecule has 2 aliphatic carbocycles. The summed E-state index contributed by atoms with van der Waals surface area (Å²) < 4.78 is 10.7. The Morgan fingerprint density at radius 1 is 1.04 bits per heavy atom. The van der Waals surface area contributed by atoms with Crippen LogP contribution in [-0.4, -0.2) is 7.11 Å². The predicted molar refractivity (Wildman–Crippen MR) is 102 cm³/mol. The summed E-state index contributed by atoms with van der Waals surface area (Å²) in [5.74, 6) is 0.948. The number of benzene rings is 2. The van der Waals surface area contributed by atoms with Gasteiger partial charge in [0.15, 0.2) is 0 Å². The Morgan fingerprint density at radius 2 is 1.80 bits per heavy atom. The van der Waals surface area contributed by atoms with Crippen LogP contribution in [0.3, 0.4) is 0 Å². The molecule has 0 saturated carbocycles. The number of halogens is 1. The fourth-order valence-electron chi connectivity index (χ4n) is 4.05. The number of hydrogen-bond donors (Lipinski definition) is 0. The Kier molecular flexibility index (Phi) is 4.38. The summed E-state index contributed by atoms with van der Waals surface area (Å²) in [7, 11) is 1.76. The number of rotatable bonds is 3. The van der Waals surface area contributed by atoms with Gasteiger partial charge >= 0.3 is 163 Å². The van der Waals surface area contributed by atoms with E-state index in [1.807, 2.05) is 6.07 Å². The molecule has 125 valence electrons. The molecule has 0 fully saturated rings. The number of ether oxygens (including phenoxy) is 1. The van der Waals surface area contributed by atoms with Crippen molar-refractivity contribution in [3.05, 3.63) is 93.7 Å². The SMILES string of the molecule is COC1=C2C(=Cc3cc(Cl)ccc32)[C](c2ccccc2)([Zr]([CH3])[CH3])C=C1. The first-order chi connectivity index (χ1) is 12.1. The molecule has 0 spiro atoms. The average Bonchev–Trinajstić information content (AvgIpc) is 3.00. The van der Waals surface area contributed by atoms with Gasteiger partial charge in [-0.1, -0.05) is 0 Å². The van der Waals surface area contributed by atoms with Gasteiger partial charge in [0.2, 0.25) is 0 Å². The average molecular weight is 427 g/mol. The first kappa shape index (κ1) is 17.1. The monoisotopic (exact) mass is 425 g/mol. The fourth-order valence-corrected chi connectivity index (χ4v) is 8.89. The van der Waals surface area contributed by atoms with Crippen LogP contribution in [0.25, 0.3) is 11.6 Å². The molecule has 0 heterocycles. The summed E-state index contributed by atoms with van der Waals surface area (Å²) in [5, 5.41) is 0.777. The second kappa shape index (κ2) is 6.42. The zero-order valence-corrected chi connectivity index (χ0v) is 17.9. The summed E-state index contributed by atoms with van der Waals surface area (Å²) in [4.78, 5) is 0. The van der Waals surface area contributed by atoms with E-state index in [-0.39, 0.29) is 3.12 Å². The van der Waals surface area contributed by atoms with Crippen molar-refractivity contribution in [3.8, 4) is 0 Å². The van der Waals surface area contributed by atoms with Crippen LogP contribution < -0.4 is 0 Å². The van der Waals surface area contributed by atoms with Gasteiger partial charge in [-0.15, -0.1) is 0 Å². The summed E-state index contributed by atoms with van der Waals surface area (Å²) in [6.45, 7) is 0. The molecule has 1 atom stereocenters. The number of allylic oxidation sites excluding steroid dienone is 4. The molecule has 2 aliphatic rings. The van der Waals surface area contributed by atoms with Gasteiger partial charge in [-0.2, -0.15) is 0 Å². The van der Waals surface area contributed by atoms with Gasteiger partial charge in [0, 0.05) is 0 Å². The number of fused-ring (bicyclic) bond motifs is 3. The van der Waals surface area contributed by atoms with Gasteiger partial charge in [0.05, 0.1) is 0 Å². The molecule has 0 amide bonds. The van der Waals surface area contributed by atoms with Gasteiger partial charge in [-0.25, -0.2) is 0 Å². The first-order valence-electron chi connectivity index (χ1n) is 8.44. The van der Waals surface area contributed by atoms with E-state index in [2.05, 4.69) is 70.0 Å². The van der Waals surface area contributed by atoms with Gasteiger partial charge < -0.3 is 0 Å². The second-order valence-electron chi connectivity index (χ2n) is 6.74. The molecule has 0 bridgehead atoms. The van der Waals surface area contributed by atoms with Gasteiger partial charge in [-0.3, -0.25) is 0 Å². The first-order valence-corrected chi connectivity index (χ1v) is 15.0. The third-order valence-electron chi connectivity index (χ3n) is 5.25. The van der Waals surface area contributed by atoms with E-state index in [4.69, 9.17) is 16.3 Å². The van der Waals surface area contributed by atoms with Crippen molar-refractivity contribution < 1.29 is 26.5 Å². The fraction of sp³-hybridized carbons (Fsp3) is 0.182. The molecule has 0 N–H and O–H groups in total. The minimum absolute atomic E-state index is 0.0202. The van der Waals surface area contributed by atoms with Crippen LogP contribution in [0.4, 0.5) is 0 Å². The topological polar surface area (TPSA) is 9.23 Å². The van der Waals surface area contributed by atoms with Gasteiger partial charge in [-0.05, 0) is 0 Å². The number of methoxy groups -OCH3 is 1. The third-order valence-corrected chi connectivity index (χ3v) is 11.1. The van der Waals surface area contributed by atoms with Crippen LogP contribution >= 0.6 is 11.6 Å². The molecule has 25 heavy (non-hydrogen) atoms. The molecule has 3 heteroatoms. The summed E-state index contributed by atoms with van der Waals surface area (Å²) in [6, 6.07) is 17.1. The number of hydrogen-bond acceptors (Lipinski definition) is 1. The van der Waals surface area contributed by atoms with Crippen molar-refractivity contribution in [1.82, 2.24) is 0 Å². The van der Waals surface area contributed by atoms with Crippen LogP contribution in [-0.2, 0) is 29.6 Å². The molecule has 4 rings (SSSR count). The summed E-state index contributed by atoms with van der Waals surface area (Å²) in [5.41, 5.74) is 6.44. The van der Waals surface area contributed by atoms with Crippen molar-refractivity contribution in [2.45, 2.75) is 12.4 Å². The van der Waals surface area contributed by atoms with E-state index < -0.39 is 21.8 Å². The van der Waals surface area contributed by atoms with Crippen LogP contribution in [0.15, 0.2) is 72.0 Å². The Balaban J connectivity index is 2.02. The van der Waals surface area contributed by atoms with Crippen LogP contribution in [0, 0.1) is 0 Å². The normalized spacial score (nSPS) is 20.9. The van der Waals surface area contributed by atoms with E-state index in [1.54, 1.807) is 7.11 Å². The summed E-state index contributed by atoms with van der Waals surface area (Å²) in [6.07, 6.45) is 6.90. The molecule has 0 radical (unpaired) electrons. The van der Waals surface area contributed by atoms with E-state index in [0.717, 1.165) is 10.8 Å². The summed E-state index contributed by atoms with van der Waals surface area (Å²) >= 11 is 4.47. The maximum absolute atomic E-state index is 6.26. The van der Waals surface area contributed by atoms with Crippen molar-refractivity contribution >= 4 is 23.3 Å². The van der Waals surface area contributed by atoms with E-state index in [0.29, 0.717) is 0 Å². The molecular formula is C22H20ClOZr. The van der Waals surface area contributed by atoms with E-state index in [1.165, 1.54) is 27.8 Å². The van der Waals surface area contributed by atoms with Crippen molar-refractivity contribution in [3.63, 3.8) is 0 Å². The Bertz CT molecular complexity index is 924. The molecule has 0 saturated heterocycles. The van der Waals surface area contributed by atoms with Gasteiger partial charge in [0.25, 0.3) is 0 Å². The standard InChI is InChI=1S/C20H14ClO.2CH3.Zr/c1-22-19-10-9-16(13-5-3-2-4-6-13)18-12-14-11-15(21)7-8-17(14)20(18)19;;;/h2-12H,1H3;2*1H3;. The molecule has 1 unspecified atom stereocenters. The maximum atomic E-state index is 6.26. The third kappa shape index (κ3) is 2.54. The predicted octanol–water partition coefficient (Wildman–Crippen LogP) is 6.27. The van der Waals surface area contributed by atoms with Crippen molar-refractivity contribution in [2.75, 3.05) is 7.11 Å². The van der Waals surface area contributed by atoms with Crippen molar-refractivity contribution in [1.29, 1.82) is 0 Å².